The first-order valence-electron chi connectivity index (χ1n) is 17.4. The highest BCUT2D eigenvalue weighted by Gasteiger charge is 2.27. The Morgan fingerprint density at radius 1 is 0.560 bits per heavy atom. The third kappa shape index (κ3) is 5.67. The van der Waals surface area contributed by atoms with Crippen LogP contribution in [-0.4, -0.2) is 10.7 Å². The van der Waals surface area contributed by atoms with Crippen molar-refractivity contribution in [1.29, 1.82) is 0 Å². The van der Waals surface area contributed by atoms with Crippen molar-refractivity contribution < 1.29 is 0 Å². The molecular formula is C47H35N3. The Morgan fingerprint density at radius 3 is 2.12 bits per heavy atom. The zero-order chi connectivity index (χ0) is 33.3. The van der Waals surface area contributed by atoms with E-state index in [0.29, 0.717) is 5.92 Å². The van der Waals surface area contributed by atoms with E-state index in [9.17, 15) is 0 Å². The van der Waals surface area contributed by atoms with Gasteiger partial charge in [-0.25, -0.2) is 9.98 Å². The summed E-state index contributed by atoms with van der Waals surface area (Å²) in [6.07, 6.45) is 18.3. The molecule has 3 nitrogen and oxygen atoms in total. The predicted molar refractivity (Wildman–Crippen MR) is 208 cm³/mol. The van der Waals surface area contributed by atoms with Gasteiger partial charge in [-0.3, -0.25) is 4.99 Å². The summed E-state index contributed by atoms with van der Waals surface area (Å²) in [5.41, 5.74) is 13.4. The lowest BCUT2D eigenvalue weighted by molar-refractivity contribution is 0.624. The zero-order valence-electron chi connectivity index (χ0n) is 27.7. The maximum atomic E-state index is 5.28. The average Bonchev–Trinajstić information content (AvgIpc) is 3.15. The van der Waals surface area contributed by atoms with Crippen molar-refractivity contribution in [3.8, 4) is 22.4 Å². The first-order valence-corrected chi connectivity index (χ1v) is 17.4. The molecule has 1 atom stereocenters. The Kier molecular flexibility index (Phi) is 7.79. The minimum Gasteiger partial charge on any atom is -0.252 e. The number of para-hydroxylation sites is 2. The lowest BCUT2D eigenvalue weighted by Crippen LogP contribution is -2.27. The number of benzene rings is 5. The van der Waals surface area contributed by atoms with Gasteiger partial charge in [0.05, 0.1) is 28.0 Å². The van der Waals surface area contributed by atoms with E-state index in [0.717, 1.165) is 80.1 Å². The van der Waals surface area contributed by atoms with Crippen molar-refractivity contribution in [2.75, 3.05) is 0 Å². The maximum Gasteiger partial charge on any atom is 0.0781 e. The fourth-order valence-corrected chi connectivity index (χ4v) is 7.39. The van der Waals surface area contributed by atoms with Crippen LogP contribution in [0, 0.1) is 5.92 Å². The van der Waals surface area contributed by atoms with Gasteiger partial charge in [-0.1, -0.05) is 146 Å². The Morgan fingerprint density at radius 2 is 1.28 bits per heavy atom. The van der Waals surface area contributed by atoms with E-state index in [2.05, 4.69) is 164 Å². The van der Waals surface area contributed by atoms with Gasteiger partial charge >= 0.3 is 0 Å². The van der Waals surface area contributed by atoms with E-state index < -0.39 is 0 Å². The van der Waals surface area contributed by atoms with Gasteiger partial charge in [0.1, 0.15) is 0 Å². The van der Waals surface area contributed by atoms with E-state index in [1.165, 1.54) is 22.4 Å². The van der Waals surface area contributed by atoms with E-state index in [1.54, 1.807) is 0 Å². The molecule has 3 heterocycles. The van der Waals surface area contributed by atoms with Crippen molar-refractivity contribution >= 4 is 33.6 Å². The molecule has 5 aromatic carbocycles. The number of fused-ring (bicyclic) bond motifs is 5. The number of hydrogen-bond acceptors (Lipinski definition) is 3. The van der Waals surface area contributed by atoms with Crippen molar-refractivity contribution in [1.82, 2.24) is 4.98 Å². The van der Waals surface area contributed by atoms with Gasteiger partial charge in [-0.2, -0.15) is 0 Å². The highest BCUT2D eigenvalue weighted by Crippen LogP contribution is 2.42. The zero-order valence-corrected chi connectivity index (χ0v) is 27.7. The molecule has 50 heavy (non-hydrogen) atoms. The van der Waals surface area contributed by atoms with Gasteiger partial charge < -0.3 is 0 Å². The van der Waals surface area contributed by atoms with Gasteiger partial charge in [0.15, 0.2) is 0 Å². The fraction of sp³-hybridized carbons (Fsp3) is 0.0851. The number of rotatable bonds is 4. The summed E-state index contributed by atoms with van der Waals surface area (Å²) in [6.45, 7) is 0. The minimum atomic E-state index is 0.399. The number of nitrogens with zero attached hydrogens (tertiary/aromatic N) is 3. The van der Waals surface area contributed by atoms with Crippen LogP contribution in [-0.2, 0) is 6.42 Å². The van der Waals surface area contributed by atoms with Crippen LogP contribution in [0.1, 0.15) is 29.5 Å². The number of allylic oxidation sites excluding steroid dienone is 7. The summed E-state index contributed by atoms with van der Waals surface area (Å²) in [4.78, 5) is 15.6. The van der Waals surface area contributed by atoms with Crippen LogP contribution in [0.5, 0.6) is 0 Å². The average molecular weight is 642 g/mol. The molecule has 0 amide bonds. The highest BCUT2D eigenvalue weighted by atomic mass is 14.8. The SMILES string of the molecule is C1=CCC[C@H]2Cc3c(-c4ccc(-c5ccc(C6=c7ccccc7=N/C(c7ccccc7)=C/C=C6)cc5)cc4)nc4ccccc4c3N=C2C=C1. The van der Waals surface area contributed by atoms with Crippen LogP contribution < -0.4 is 10.6 Å². The molecule has 1 aliphatic carbocycles. The van der Waals surface area contributed by atoms with Gasteiger partial charge in [0.25, 0.3) is 0 Å². The molecule has 9 rings (SSSR count). The number of pyridine rings is 1. The molecule has 0 spiro atoms. The van der Waals surface area contributed by atoms with Crippen LogP contribution in [0.3, 0.4) is 0 Å². The summed E-state index contributed by atoms with van der Waals surface area (Å²) in [5.74, 6) is 0.399. The van der Waals surface area contributed by atoms with E-state index in [4.69, 9.17) is 15.0 Å². The molecule has 1 aromatic heterocycles. The molecule has 0 saturated carbocycles. The molecule has 3 heteroatoms. The largest absolute Gasteiger partial charge is 0.252 e. The molecule has 0 bridgehead atoms. The number of aliphatic imine (C=N–C) groups is 1. The van der Waals surface area contributed by atoms with Crippen molar-refractivity contribution in [3.63, 3.8) is 0 Å². The Balaban J connectivity index is 1.06. The van der Waals surface area contributed by atoms with Crippen LogP contribution in [0.15, 0.2) is 180 Å². The third-order valence-corrected chi connectivity index (χ3v) is 9.98. The molecule has 3 aliphatic rings. The Labute approximate surface area is 292 Å². The van der Waals surface area contributed by atoms with Gasteiger partial charge in [-0.05, 0) is 65.8 Å². The summed E-state index contributed by atoms with van der Waals surface area (Å²) >= 11 is 0. The quantitative estimate of drug-likeness (QED) is 0.189. The van der Waals surface area contributed by atoms with Crippen molar-refractivity contribution in [2.45, 2.75) is 19.3 Å². The number of aromatic nitrogens is 1. The Bertz CT molecular complexity index is 2530. The first-order chi connectivity index (χ1) is 24.8. The van der Waals surface area contributed by atoms with Crippen molar-refractivity contribution in [2.24, 2.45) is 15.9 Å². The topological polar surface area (TPSA) is 37.6 Å². The number of hydrogen-bond donors (Lipinski definition) is 0. The minimum absolute atomic E-state index is 0.399. The van der Waals surface area contributed by atoms with Crippen LogP contribution in [0.2, 0.25) is 0 Å². The summed E-state index contributed by atoms with van der Waals surface area (Å²) in [7, 11) is 0. The normalized spacial score (nSPS) is 17.5. The molecule has 0 N–H and O–H groups in total. The van der Waals surface area contributed by atoms with Crippen LogP contribution >= 0.6 is 0 Å². The summed E-state index contributed by atoms with van der Waals surface area (Å²) in [6, 6.07) is 44.9. The molecule has 6 aromatic rings. The second-order valence-corrected chi connectivity index (χ2v) is 13.1. The fourth-order valence-electron chi connectivity index (χ4n) is 7.39. The van der Waals surface area contributed by atoms with E-state index >= 15 is 0 Å². The molecule has 2 aliphatic heterocycles. The lowest BCUT2D eigenvalue weighted by atomic mass is 9.83. The van der Waals surface area contributed by atoms with E-state index in [-0.39, 0.29) is 0 Å². The van der Waals surface area contributed by atoms with Gasteiger partial charge in [0.2, 0.25) is 0 Å². The third-order valence-electron chi connectivity index (χ3n) is 9.98. The summed E-state index contributed by atoms with van der Waals surface area (Å²) in [5, 5.41) is 3.22. The molecular weight excluding hydrogens is 607 g/mol. The summed E-state index contributed by atoms with van der Waals surface area (Å²) < 4.78 is 0. The van der Waals surface area contributed by atoms with Gasteiger partial charge in [-0.15, -0.1) is 0 Å². The molecule has 0 saturated heterocycles. The molecule has 0 fully saturated rings. The van der Waals surface area contributed by atoms with Crippen LogP contribution in [0.25, 0.3) is 44.6 Å². The molecule has 0 radical (unpaired) electrons. The first kappa shape index (κ1) is 29.9. The van der Waals surface area contributed by atoms with Crippen molar-refractivity contribution in [3.05, 3.63) is 197 Å². The monoisotopic (exact) mass is 641 g/mol. The maximum absolute atomic E-state index is 5.28. The molecule has 238 valence electrons. The molecule has 0 unspecified atom stereocenters. The van der Waals surface area contributed by atoms with Crippen LogP contribution in [0.4, 0.5) is 5.69 Å². The van der Waals surface area contributed by atoms with Gasteiger partial charge in [0, 0.05) is 38.9 Å². The highest BCUT2D eigenvalue weighted by molar-refractivity contribution is 6.06. The second kappa shape index (κ2) is 13.0. The Hall–Kier alpha value is -6.19. The predicted octanol–water partition coefficient (Wildman–Crippen LogP) is 10.1. The van der Waals surface area contributed by atoms with E-state index in [1.807, 2.05) is 6.07 Å². The second-order valence-electron chi connectivity index (χ2n) is 13.1. The smallest absolute Gasteiger partial charge is 0.0781 e. The standard InChI is InChI=1S/C47H35N3/c1-2-7-19-43-37(15-4-1)31-41-46(50-45-21-11-9-17-40(45)47(41)49-43)36-29-25-33(26-30-36)32-23-27-34(28-24-32)38-18-12-22-42(35-13-5-3-6-14-35)48-44-20-10-8-16-39(38)44/h1-3,5-14,16-30,37H,4,15,31H2/b2-1?,18-12?,19-7?,22-12?,38-18?,39-38?,42-22+,48-42?,48-44?/t37-/m0/s1. The lowest BCUT2D eigenvalue weighted by Gasteiger charge is -2.26.